The largest absolute Gasteiger partial charge is 0.493 e. The van der Waals surface area contributed by atoms with Crippen molar-refractivity contribution in [2.45, 2.75) is 40.2 Å². The zero-order valence-corrected chi connectivity index (χ0v) is 13.9. The van der Waals surface area contributed by atoms with E-state index in [9.17, 15) is 4.79 Å². The minimum Gasteiger partial charge on any atom is -0.493 e. The lowest BCUT2D eigenvalue weighted by atomic mass is 9.90. The SMILES string of the molecule is CCCOc1cc(CNCCC(C)(C)C(=O)O)ccc1OC. The fourth-order valence-electron chi connectivity index (χ4n) is 1.90. The highest BCUT2D eigenvalue weighted by Gasteiger charge is 2.26. The molecule has 22 heavy (non-hydrogen) atoms. The van der Waals surface area contributed by atoms with E-state index in [2.05, 4.69) is 12.2 Å². The third-order valence-electron chi connectivity index (χ3n) is 3.52. The van der Waals surface area contributed by atoms with E-state index in [4.69, 9.17) is 14.6 Å². The van der Waals surface area contributed by atoms with Gasteiger partial charge < -0.3 is 19.9 Å². The third kappa shape index (κ3) is 5.56. The van der Waals surface area contributed by atoms with Gasteiger partial charge in [0, 0.05) is 6.54 Å². The summed E-state index contributed by atoms with van der Waals surface area (Å²) in [6, 6.07) is 5.83. The minimum absolute atomic E-state index is 0.581. The summed E-state index contributed by atoms with van der Waals surface area (Å²) >= 11 is 0. The van der Waals surface area contributed by atoms with Crippen LogP contribution in [0.4, 0.5) is 0 Å². The van der Waals surface area contributed by atoms with Crippen LogP contribution >= 0.6 is 0 Å². The molecule has 124 valence electrons. The van der Waals surface area contributed by atoms with Crippen molar-refractivity contribution >= 4 is 5.97 Å². The lowest BCUT2D eigenvalue weighted by Gasteiger charge is -2.19. The Morgan fingerprint density at radius 2 is 2.05 bits per heavy atom. The average Bonchev–Trinajstić information content (AvgIpc) is 2.49. The molecule has 0 aromatic heterocycles. The molecule has 1 aromatic carbocycles. The van der Waals surface area contributed by atoms with E-state index < -0.39 is 11.4 Å². The normalized spacial score (nSPS) is 11.3. The molecule has 0 aliphatic carbocycles. The second kappa shape index (κ2) is 8.63. The van der Waals surface area contributed by atoms with Crippen molar-refractivity contribution < 1.29 is 19.4 Å². The number of hydrogen-bond donors (Lipinski definition) is 2. The summed E-state index contributed by atoms with van der Waals surface area (Å²) in [6.45, 7) is 7.50. The molecule has 0 atom stereocenters. The molecule has 5 heteroatoms. The Morgan fingerprint density at radius 1 is 1.32 bits per heavy atom. The standard InChI is InChI=1S/C17H27NO4/c1-5-10-22-15-11-13(6-7-14(15)21-4)12-18-9-8-17(2,3)16(19)20/h6-7,11,18H,5,8-10,12H2,1-4H3,(H,19,20). The summed E-state index contributed by atoms with van der Waals surface area (Å²) in [4.78, 5) is 11.0. The fourth-order valence-corrected chi connectivity index (χ4v) is 1.90. The fraction of sp³-hybridized carbons (Fsp3) is 0.588. The number of nitrogens with one attached hydrogen (secondary N) is 1. The molecule has 0 spiro atoms. The highest BCUT2D eigenvalue weighted by Crippen LogP contribution is 2.28. The molecular formula is C17H27NO4. The molecular weight excluding hydrogens is 282 g/mol. The lowest BCUT2D eigenvalue weighted by Crippen LogP contribution is -2.28. The molecule has 0 bridgehead atoms. The molecule has 1 aromatic rings. The number of methoxy groups -OCH3 is 1. The summed E-state index contributed by atoms with van der Waals surface area (Å²) in [5.74, 6) is 0.702. The lowest BCUT2D eigenvalue weighted by molar-refractivity contribution is -0.147. The highest BCUT2D eigenvalue weighted by molar-refractivity contribution is 5.73. The van der Waals surface area contributed by atoms with Crippen molar-refractivity contribution in [1.82, 2.24) is 5.32 Å². The van der Waals surface area contributed by atoms with Gasteiger partial charge in [0.2, 0.25) is 0 Å². The maximum atomic E-state index is 11.0. The van der Waals surface area contributed by atoms with Gasteiger partial charge in [0.1, 0.15) is 0 Å². The van der Waals surface area contributed by atoms with Gasteiger partial charge in [-0.15, -0.1) is 0 Å². The molecule has 0 unspecified atom stereocenters. The van der Waals surface area contributed by atoms with Gasteiger partial charge in [-0.05, 0) is 50.9 Å². The van der Waals surface area contributed by atoms with Crippen molar-refractivity contribution in [3.8, 4) is 11.5 Å². The van der Waals surface area contributed by atoms with Crippen LogP contribution in [0.25, 0.3) is 0 Å². The van der Waals surface area contributed by atoms with Crippen molar-refractivity contribution in [1.29, 1.82) is 0 Å². The maximum Gasteiger partial charge on any atom is 0.309 e. The number of ether oxygens (including phenoxy) is 2. The first kappa shape index (κ1) is 18.3. The Kier molecular flexibility index (Phi) is 7.18. The predicted octanol–water partition coefficient (Wildman–Crippen LogP) is 3.07. The van der Waals surface area contributed by atoms with Gasteiger partial charge in [0.15, 0.2) is 11.5 Å². The van der Waals surface area contributed by atoms with Gasteiger partial charge in [-0.3, -0.25) is 4.79 Å². The summed E-state index contributed by atoms with van der Waals surface area (Å²) in [5.41, 5.74) is 0.377. The van der Waals surface area contributed by atoms with Gasteiger partial charge in [-0.25, -0.2) is 0 Å². The Balaban J connectivity index is 2.54. The zero-order valence-electron chi connectivity index (χ0n) is 13.9. The molecule has 0 aliphatic heterocycles. The van der Waals surface area contributed by atoms with Crippen LogP contribution in [0, 0.1) is 5.41 Å². The van der Waals surface area contributed by atoms with E-state index in [0.717, 1.165) is 23.5 Å². The Bertz CT molecular complexity index is 486. The number of carbonyl (C=O) groups is 1. The van der Waals surface area contributed by atoms with Gasteiger partial charge in [0.05, 0.1) is 19.1 Å². The van der Waals surface area contributed by atoms with Crippen molar-refractivity contribution in [2.24, 2.45) is 5.41 Å². The van der Waals surface area contributed by atoms with E-state index in [1.165, 1.54) is 0 Å². The second-order valence-electron chi connectivity index (χ2n) is 5.95. The predicted molar refractivity (Wildman–Crippen MR) is 86.5 cm³/mol. The molecule has 0 saturated heterocycles. The van der Waals surface area contributed by atoms with Crippen LogP contribution in [-0.4, -0.2) is 31.3 Å². The van der Waals surface area contributed by atoms with Crippen LogP contribution in [0.5, 0.6) is 11.5 Å². The highest BCUT2D eigenvalue weighted by atomic mass is 16.5. The van der Waals surface area contributed by atoms with Gasteiger partial charge in [0.25, 0.3) is 0 Å². The zero-order chi connectivity index (χ0) is 16.6. The second-order valence-corrected chi connectivity index (χ2v) is 5.95. The van der Waals surface area contributed by atoms with Crippen LogP contribution in [0.15, 0.2) is 18.2 Å². The molecule has 2 N–H and O–H groups in total. The van der Waals surface area contributed by atoms with Crippen LogP contribution in [0.2, 0.25) is 0 Å². The number of hydrogen-bond acceptors (Lipinski definition) is 4. The van der Waals surface area contributed by atoms with Gasteiger partial charge >= 0.3 is 5.97 Å². The monoisotopic (exact) mass is 309 g/mol. The average molecular weight is 309 g/mol. The topological polar surface area (TPSA) is 67.8 Å². The maximum absolute atomic E-state index is 11.0. The summed E-state index contributed by atoms with van der Waals surface area (Å²) in [6.07, 6.45) is 1.52. The molecule has 0 radical (unpaired) electrons. The van der Waals surface area contributed by atoms with E-state index in [0.29, 0.717) is 26.1 Å². The number of rotatable bonds is 10. The molecule has 0 amide bonds. The first-order chi connectivity index (χ1) is 10.4. The Morgan fingerprint density at radius 3 is 2.64 bits per heavy atom. The number of benzene rings is 1. The Labute approximate surface area is 132 Å². The van der Waals surface area contributed by atoms with Gasteiger partial charge in [-0.2, -0.15) is 0 Å². The summed E-state index contributed by atoms with van der Waals surface area (Å²) in [7, 11) is 1.63. The number of aliphatic carboxylic acids is 1. The minimum atomic E-state index is -0.769. The van der Waals surface area contributed by atoms with Crippen LogP contribution < -0.4 is 14.8 Å². The smallest absolute Gasteiger partial charge is 0.309 e. The van der Waals surface area contributed by atoms with Crippen molar-refractivity contribution in [3.63, 3.8) is 0 Å². The molecule has 1 rings (SSSR count). The number of carboxylic acids is 1. The molecule has 5 nitrogen and oxygen atoms in total. The van der Waals surface area contributed by atoms with Crippen LogP contribution in [0.3, 0.4) is 0 Å². The molecule has 0 aliphatic rings. The molecule has 0 saturated carbocycles. The number of carboxylic acid groups (broad SMARTS) is 1. The third-order valence-corrected chi connectivity index (χ3v) is 3.52. The molecule has 0 fully saturated rings. The quantitative estimate of drug-likeness (QED) is 0.650. The first-order valence-corrected chi connectivity index (χ1v) is 7.64. The van der Waals surface area contributed by atoms with E-state index in [1.807, 2.05) is 18.2 Å². The van der Waals surface area contributed by atoms with Crippen molar-refractivity contribution in [2.75, 3.05) is 20.3 Å². The molecule has 0 heterocycles. The van der Waals surface area contributed by atoms with Crippen molar-refractivity contribution in [3.05, 3.63) is 23.8 Å². The summed E-state index contributed by atoms with van der Waals surface area (Å²) < 4.78 is 11.0. The van der Waals surface area contributed by atoms with Gasteiger partial charge in [-0.1, -0.05) is 13.0 Å². The van der Waals surface area contributed by atoms with Crippen LogP contribution in [0.1, 0.15) is 39.2 Å². The summed E-state index contributed by atoms with van der Waals surface area (Å²) in [5, 5.41) is 12.3. The Hall–Kier alpha value is -1.75. The van der Waals surface area contributed by atoms with E-state index >= 15 is 0 Å². The first-order valence-electron chi connectivity index (χ1n) is 7.64. The van der Waals surface area contributed by atoms with Crippen LogP contribution in [-0.2, 0) is 11.3 Å². The van der Waals surface area contributed by atoms with E-state index in [1.54, 1.807) is 21.0 Å². The van der Waals surface area contributed by atoms with E-state index in [-0.39, 0.29) is 0 Å².